The highest BCUT2D eigenvalue weighted by molar-refractivity contribution is 7.91. The summed E-state index contributed by atoms with van der Waals surface area (Å²) in [5.41, 5.74) is 0.0576. The maximum Gasteiger partial charge on any atom is 0.237 e. The molecule has 1 aliphatic heterocycles. The van der Waals surface area contributed by atoms with Gasteiger partial charge in [-0.1, -0.05) is 40.0 Å². The Hall–Kier alpha value is -0.660. The number of rotatable bonds is 8. The Labute approximate surface area is 165 Å². The number of hydrogen-bond donors (Lipinski definition) is 1. The molecular formula is C20H38N2O4S. The van der Waals surface area contributed by atoms with Crippen LogP contribution in [0.25, 0.3) is 0 Å². The van der Waals surface area contributed by atoms with Crippen molar-refractivity contribution in [2.45, 2.75) is 77.8 Å². The number of carbonyl (C=O) groups excluding carboxylic acids is 1. The highest BCUT2D eigenvalue weighted by Crippen LogP contribution is 2.29. The molecule has 6 nitrogen and oxygen atoms in total. The molecule has 1 atom stereocenters. The SMILES string of the molecule is CC(C)(C)CN(CCCO)CC(=O)N(C1CCCCC1)C1CCS(=O)(=O)C1. The first-order valence-electron chi connectivity index (χ1n) is 10.5. The summed E-state index contributed by atoms with van der Waals surface area (Å²) in [6.45, 7) is 8.32. The second kappa shape index (κ2) is 9.70. The first kappa shape index (κ1) is 22.6. The molecule has 0 aromatic carbocycles. The molecule has 1 saturated heterocycles. The van der Waals surface area contributed by atoms with Crippen molar-refractivity contribution in [1.82, 2.24) is 9.80 Å². The summed E-state index contributed by atoms with van der Waals surface area (Å²) in [4.78, 5) is 17.4. The minimum atomic E-state index is -3.02. The molecule has 2 aliphatic rings. The van der Waals surface area contributed by atoms with E-state index in [-0.39, 0.29) is 41.5 Å². The lowest BCUT2D eigenvalue weighted by Gasteiger charge is -2.40. The zero-order valence-corrected chi connectivity index (χ0v) is 18.1. The number of amides is 1. The number of aliphatic hydroxyl groups is 1. The van der Waals surface area contributed by atoms with Crippen molar-refractivity contribution in [3.63, 3.8) is 0 Å². The molecule has 2 rings (SSSR count). The van der Waals surface area contributed by atoms with E-state index in [1.54, 1.807) is 0 Å². The van der Waals surface area contributed by atoms with Gasteiger partial charge in [0.05, 0.1) is 18.1 Å². The van der Waals surface area contributed by atoms with E-state index in [1.165, 1.54) is 6.42 Å². The Kier molecular flexibility index (Phi) is 8.13. The summed E-state index contributed by atoms with van der Waals surface area (Å²) in [6.07, 6.45) is 6.61. The predicted molar refractivity (Wildman–Crippen MR) is 108 cm³/mol. The Morgan fingerprint density at radius 2 is 1.74 bits per heavy atom. The molecule has 0 spiro atoms. The number of sulfone groups is 1. The second-order valence-electron chi connectivity index (χ2n) is 9.50. The van der Waals surface area contributed by atoms with E-state index in [1.807, 2.05) is 4.90 Å². The van der Waals surface area contributed by atoms with Crippen molar-refractivity contribution in [1.29, 1.82) is 0 Å². The van der Waals surface area contributed by atoms with E-state index >= 15 is 0 Å². The highest BCUT2D eigenvalue weighted by Gasteiger charge is 2.38. The fraction of sp³-hybridized carbons (Fsp3) is 0.950. The van der Waals surface area contributed by atoms with E-state index in [2.05, 4.69) is 25.7 Å². The van der Waals surface area contributed by atoms with E-state index in [0.29, 0.717) is 25.9 Å². The average molecular weight is 403 g/mol. The molecule has 7 heteroatoms. The maximum atomic E-state index is 13.3. The Morgan fingerprint density at radius 3 is 2.26 bits per heavy atom. The van der Waals surface area contributed by atoms with Crippen LogP contribution in [0.1, 0.15) is 65.7 Å². The first-order valence-corrected chi connectivity index (χ1v) is 12.3. The quantitative estimate of drug-likeness (QED) is 0.672. The van der Waals surface area contributed by atoms with Crippen LogP contribution in [-0.2, 0) is 14.6 Å². The Balaban J connectivity index is 2.13. The number of carbonyl (C=O) groups is 1. The minimum Gasteiger partial charge on any atom is -0.396 e. The molecule has 1 saturated carbocycles. The van der Waals surface area contributed by atoms with Crippen LogP contribution in [0.2, 0.25) is 0 Å². The van der Waals surface area contributed by atoms with Gasteiger partial charge in [0.15, 0.2) is 9.84 Å². The fourth-order valence-corrected chi connectivity index (χ4v) is 6.22. The molecule has 0 aromatic heterocycles. The van der Waals surface area contributed by atoms with Gasteiger partial charge in [-0.3, -0.25) is 9.69 Å². The van der Waals surface area contributed by atoms with Crippen LogP contribution in [0, 0.1) is 5.41 Å². The Bertz CT molecular complexity index is 579. The van der Waals surface area contributed by atoms with Crippen LogP contribution in [0.4, 0.5) is 0 Å². The van der Waals surface area contributed by atoms with Gasteiger partial charge in [0.25, 0.3) is 0 Å². The van der Waals surface area contributed by atoms with Gasteiger partial charge >= 0.3 is 0 Å². The van der Waals surface area contributed by atoms with E-state index < -0.39 is 9.84 Å². The average Bonchev–Trinajstić information content (AvgIpc) is 2.92. The van der Waals surface area contributed by atoms with Crippen LogP contribution >= 0.6 is 0 Å². The molecule has 1 heterocycles. The van der Waals surface area contributed by atoms with Gasteiger partial charge in [-0.2, -0.15) is 0 Å². The number of nitrogens with zero attached hydrogens (tertiary/aromatic N) is 2. The van der Waals surface area contributed by atoms with Crippen molar-refractivity contribution in [2.24, 2.45) is 5.41 Å². The van der Waals surface area contributed by atoms with Gasteiger partial charge in [0.1, 0.15) is 0 Å². The van der Waals surface area contributed by atoms with Gasteiger partial charge in [-0.25, -0.2) is 8.42 Å². The highest BCUT2D eigenvalue weighted by atomic mass is 32.2. The first-order chi connectivity index (χ1) is 12.6. The molecule has 1 amide bonds. The normalized spacial score (nSPS) is 23.7. The summed E-state index contributed by atoms with van der Waals surface area (Å²) in [5.74, 6) is 0.376. The molecule has 0 bridgehead atoms. The van der Waals surface area contributed by atoms with Crippen LogP contribution < -0.4 is 0 Å². The van der Waals surface area contributed by atoms with E-state index in [4.69, 9.17) is 0 Å². The maximum absolute atomic E-state index is 13.3. The lowest BCUT2D eigenvalue weighted by molar-refractivity contribution is -0.138. The fourth-order valence-electron chi connectivity index (χ4n) is 4.51. The van der Waals surface area contributed by atoms with Gasteiger partial charge in [0, 0.05) is 31.8 Å². The third kappa shape index (κ3) is 7.35. The summed E-state index contributed by atoms with van der Waals surface area (Å²) >= 11 is 0. The Morgan fingerprint density at radius 1 is 1.07 bits per heavy atom. The third-order valence-corrected chi connectivity index (χ3v) is 7.30. The molecule has 158 valence electrons. The summed E-state index contributed by atoms with van der Waals surface area (Å²) in [7, 11) is -3.02. The van der Waals surface area contributed by atoms with Crippen LogP contribution in [0.15, 0.2) is 0 Å². The standard InChI is InChI=1S/C20H38N2O4S/c1-20(2,3)16-21(11-7-12-23)14-19(24)22(17-8-5-4-6-9-17)18-10-13-27(25,26)15-18/h17-18,23H,4-16H2,1-3H3. The van der Waals surface area contributed by atoms with Crippen molar-refractivity contribution in [3.8, 4) is 0 Å². The van der Waals surface area contributed by atoms with Gasteiger partial charge in [0.2, 0.25) is 5.91 Å². The van der Waals surface area contributed by atoms with Crippen molar-refractivity contribution >= 4 is 15.7 Å². The van der Waals surface area contributed by atoms with Crippen molar-refractivity contribution in [3.05, 3.63) is 0 Å². The molecular weight excluding hydrogens is 364 g/mol. The zero-order valence-electron chi connectivity index (χ0n) is 17.3. The van der Waals surface area contributed by atoms with Gasteiger partial charge in [-0.05, 0) is 31.1 Å². The van der Waals surface area contributed by atoms with Gasteiger partial charge in [-0.15, -0.1) is 0 Å². The summed E-state index contributed by atoms with van der Waals surface area (Å²) < 4.78 is 24.1. The number of hydrogen-bond acceptors (Lipinski definition) is 5. The largest absolute Gasteiger partial charge is 0.396 e. The monoisotopic (exact) mass is 402 g/mol. The topological polar surface area (TPSA) is 77.9 Å². The third-order valence-electron chi connectivity index (χ3n) is 5.55. The molecule has 1 unspecified atom stereocenters. The van der Waals surface area contributed by atoms with Gasteiger partial charge < -0.3 is 10.0 Å². The molecule has 0 aromatic rings. The molecule has 0 radical (unpaired) electrons. The van der Waals surface area contributed by atoms with E-state index in [9.17, 15) is 18.3 Å². The lowest BCUT2D eigenvalue weighted by atomic mass is 9.92. The zero-order chi connectivity index (χ0) is 20.1. The van der Waals surface area contributed by atoms with Crippen LogP contribution in [0.3, 0.4) is 0 Å². The summed E-state index contributed by atoms with van der Waals surface area (Å²) in [5, 5.41) is 9.20. The predicted octanol–water partition coefficient (Wildman–Crippen LogP) is 2.07. The van der Waals surface area contributed by atoms with E-state index in [0.717, 1.165) is 32.2 Å². The van der Waals surface area contributed by atoms with Crippen molar-refractivity contribution in [2.75, 3.05) is 37.7 Å². The number of aliphatic hydroxyl groups excluding tert-OH is 1. The van der Waals surface area contributed by atoms with Crippen LogP contribution in [-0.4, -0.2) is 79.1 Å². The minimum absolute atomic E-state index is 0.0576. The molecule has 1 aliphatic carbocycles. The van der Waals surface area contributed by atoms with Crippen molar-refractivity contribution < 1.29 is 18.3 Å². The molecule has 2 fully saturated rings. The summed E-state index contributed by atoms with van der Waals surface area (Å²) in [6, 6.07) is 0.0128. The van der Waals surface area contributed by atoms with Crippen LogP contribution in [0.5, 0.6) is 0 Å². The molecule has 1 N–H and O–H groups in total. The second-order valence-corrected chi connectivity index (χ2v) is 11.7. The smallest absolute Gasteiger partial charge is 0.237 e. The molecule has 27 heavy (non-hydrogen) atoms. The lowest BCUT2D eigenvalue weighted by Crippen LogP contribution is -2.52.